The van der Waals surface area contributed by atoms with Crippen LogP contribution in [0.4, 0.5) is 11.4 Å². The average Bonchev–Trinajstić information content (AvgIpc) is 3.12. The molecule has 1 heterocycles. The number of rotatable bonds is 8. The van der Waals surface area contributed by atoms with Gasteiger partial charge in [-0.25, -0.2) is 0 Å². The lowest BCUT2D eigenvalue weighted by Crippen LogP contribution is -2.34. The van der Waals surface area contributed by atoms with Gasteiger partial charge in [-0.2, -0.15) is 0 Å². The molecule has 10 heteroatoms. The molecule has 0 unspecified atom stereocenters. The molecular weight excluding hydrogens is 466 g/mol. The van der Waals surface area contributed by atoms with Crippen LogP contribution >= 0.6 is 0 Å². The van der Waals surface area contributed by atoms with Gasteiger partial charge in [0.05, 0.1) is 16.9 Å². The number of fused-ring (bicyclic) bond motifs is 1. The molecule has 1 atom stereocenters. The first kappa shape index (κ1) is 24.3. The zero-order chi connectivity index (χ0) is 25.8. The van der Waals surface area contributed by atoms with Crippen molar-refractivity contribution in [1.29, 1.82) is 0 Å². The lowest BCUT2D eigenvalue weighted by Gasteiger charge is -2.17. The van der Waals surface area contributed by atoms with Gasteiger partial charge < -0.3 is 10.1 Å². The Bertz CT molecular complexity index is 1370. The van der Waals surface area contributed by atoms with Gasteiger partial charge in [0.1, 0.15) is 5.56 Å². The highest BCUT2D eigenvalue weighted by Crippen LogP contribution is 2.31. The topological polar surface area (TPSA) is 136 Å². The third-order valence-corrected chi connectivity index (χ3v) is 5.66. The first-order chi connectivity index (χ1) is 17.3. The summed E-state index contributed by atoms with van der Waals surface area (Å²) in [6, 6.07) is 20.4. The number of nitrogens with zero attached hydrogens (tertiary/aromatic N) is 2. The summed E-state index contributed by atoms with van der Waals surface area (Å²) >= 11 is 0. The van der Waals surface area contributed by atoms with Crippen LogP contribution in [0.3, 0.4) is 0 Å². The lowest BCUT2D eigenvalue weighted by molar-refractivity contribution is -0.385. The van der Waals surface area contributed by atoms with Gasteiger partial charge in [0, 0.05) is 23.9 Å². The highest BCUT2D eigenvalue weighted by Gasteiger charge is 2.41. The third kappa shape index (κ3) is 4.83. The molecule has 0 aromatic heterocycles. The number of esters is 1. The molecule has 182 valence electrons. The van der Waals surface area contributed by atoms with Crippen molar-refractivity contribution in [2.45, 2.75) is 19.4 Å². The molecule has 3 aromatic carbocycles. The minimum absolute atomic E-state index is 0.0904. The highest BCUT2D eigenvalue weighted by molar-refractivity contribution is 6.23. The van der Waals surface area contributed by atoms with Crippen molar-refractivity contribution < 1.29 is 28.8 Å². The number of benzene rings is 3. The molecule has 0 fully saturated rings. The quantitative estimate of drug-likeness (QED) is 0.221. The molecule has 1 aliphatic rings. The van der Waals surface area contributed by atoms with Gasteiger partial charge in [0.15, 0.2) is 6.10 Å². The zero-order valence-corrected chi connectivity index (χ0v) is 19.2. The number of carbonyl (C=O) groups excluding carboxylic acids is 4. The number of hydrogen-bond donors (Lipinski definition) is 1. The minimum Gasteiger partial charge on any atom is -0.452 e. The van der Waals surface area contributed by atoms with Crippen LogP contribution < -0.4 is 5.32 Å². The van der Waals surface area contributed by atoms with Crippen LogP contribution in [0.15, 0.2) is 72.8 Å². The van der Waals surface area contributed by atoms with Crippen LogP contribution in [0, 0.1) is 10.1 Å². The second kappa shape index (κ2) is 10.2. The first-order valence-electron chi connectivity index (χ1n) is 11.1. The standard InChI is InChI=1S/C26H21N3O7/c1-16(24(31)27-20-12-6-5-10-18(20)17-8-3-2-4-9-17)36-22(30)14-15-28-25(32)19-11-7-13-21(29(34)35)23(19)26(28)33/h2-13,16H,14-15H2,1H3,(H,27,31)/t16-/m0/s1. The molecule has 0 saturated carbocycles. The molecule has 1 aliphatic heterocycles. The van der Waals surface area contributed by atoms with Crippen molar-refractivity contribution in [1.82, 2.24) is 4.90 Å². The van der Waals surface area contributed by atoms with Crippen LogP contribution in [0.25, 0.3) is 11.1 Å². The van der Waals surface area contributed by atoms with E-state index in [1.165, 1.54) is 19.1 Å². The van der Waals surface area contributed by atoms with Crippen molar-refractivity contribution in [2.75, 3.05) is 11.9 Å². The fraction of sp³-hybridized carbons (Fsp3) is 0.154. The van der Waals surface area contributed by atoms with Crippen LogP contribution in [0.5, 0.6) is 0 Å². The zero-order valence-electron chi connectivity index (χ0n) is 19.2. The Labute approximate surface area is 205 Å². The molecule has 0 radical (unpaired) electrons. The van der Waals surface area contributed by atoms with E-state index in [0.717, 1.165) is 22.1 Å². The molecule has 3 aromatic rings. The van der Waals surface area contributed by atoms with Gasteiger partial charge in [0.25, 0.3) is 23.4 Å². The third-order valence-electron chi connectivity index (χ3n) is 5.66. The SMILES string of the molecule is C[C@H](OC(=O)CCN1C(=O)c2cccc([N+](=O)[O-])c2C1=O)C(=O)Nc1ccccc1-c1ccccc1. The molecule has 36 heavy (non-hydrogen) atoms. The fourth-order valence-corrected chi connectivity index (χ4v) is 3.88. The van der Waals surface area contributed by atoms with E-state index in [1.54, 1.807) is 12.1 Å². The monoisotopic (exact) mass is 487 g/mol. The number of carbonyl (C=O) groups is 4. The lowest BCUT2D eigenvalue weighted by atomic mass is 10.0. The average molecular weight is 487 g/mol. The molecular formula is C26H21N3O7. The Hall–Kier alpha value is -4.86. The van der Waals surface area contributed by atoms with Crippen molar-refractivity contribution in [3.63, 3.8) is 0 Å². The van der Waals surface area contributed by atoms with E-state index < -0.39 is 40.4 Å². The van der Waals surface area contributed by atoms with Crippen LogP contribution in [0.1, 0.15) is 34.1 Å². The summed E-state index contributed by atoms with van der Waals surface area (Å²) in [4.78, 5) is 61.4. The second-order valence-corrected chi connectivity index (χ2v) is 8.00. The number of amides is 3. The molecule has 0 spiro atoms. The Balaban J connectivity index is 1.36. The second-order valence-electron chi connectivity index (χ2n) is 8.00. The summed E-state index contributed by atoms with van der Waals surface area (Å²) in [6.45, 7) is 1.07. The summed E-state index contributed by atoms with van der Waals surface area (Å²) in [7, 11) is 0. The number of nitro benzene ring substituents is 1. The number of imide groups is 1. The normalized spacial score (nSPS) is 13.2. The first-order valence-corrected chi connectivity index (χ1v) is 11.1. The van der Waals surface area contributed by atoms with E-state index >= 15 is 0 Å². The fourth-order valence-electron chi connectivity index (χ4n) is 3.88. The van der Waals surface area contributed by atoms with E-state index in [0.29, 0.717) is 5.69 Å². The predicted octanol–water partition coefficient (Wildman–Crippen LogP) is 3.82. The van der Waals surface area contributed by atoms with Gasteiger partial charge >= 0.3 is 5.97 Å². The molecule has 10 nitrogen and oxygen atoms in total. The number of nitrogens with one attached hydrogen (secondary N) is 1. The molecule has 1 N–H and O–H groups in total. The molecule has 3 amide bonds. The van der Waals surface area contributed by atoms with E-state index in [-0.39, 0.29) is 24.1 Å². The van der Waals surface area contributed by atoms with Crippen molar-refractivity contribution in [2.24, 2.45) is 0 Å². The minimum atomic E-state index is -1.15. The largest absolute Gasteiger partial charge is 0.452 e. The number of nitro groups is 1. The smallest absolute Gasteiger partial charge is 0.308 e. The van der Waals surface area contributed by atoms with Gasteiger partial charge in [-0.15, -0.1) is 0 Å². The van der Waals surface area contributed by atoms with Crippen molar-refractivity contribution in [3.05, 3.63) is 94.0 Å². The summed E-state index contributed by atoms with van der Waals surface area (Å²) in [6.07, 6.45) is -1.53. The highest BCUT2D eigenvalue weighted by atomic mass is 16.6. The van der Waals surface area contributed by atoms with Crippen LogP contribution in [-0.2, 0) is 14.3 Å². The molecule has 4 rings (SSSR count). The molecule has 0 saturated heterocycles. The van der Waals surface area contributed by atoms with Gasteiger partial charge in [-0.05, 0) is 24.6 Å². The van der Waals surface area contributed by atoms with E-state index in [4.69, 9.17) is 4.74 Å². The van der Waals surface area contributed by atoms with Crippen molar-refractivity contribution in [3.8, 4) is 11.1 Å². The predicted molar refractivity (Wildman–Crippen MR) is 129 cm³/mol. The Morgan fingerprint density at radius 1 is 0.944 bits per heavy atom. The Morgan fingerprint density at radius 2 is 1.61 bits per heavy atom. The Morgan fingerprint density at radius 3 is 2.33 bits per heavy atom. The number of hydrogen-bond acceptors (Lipinski definition) is 7. The summed E-state index contributed by atoms with van der Waals surface area (Å²) in [5.74, 6) is -2.93. The maximum Gasteiger partial charge on any atom is 0.308 e. The van der Waals surface area contributed by atoms with Gasteiger partial charge in [-0.3, -0.25) is 34.2 Å². The Kier molecular flexibility index (Phi) is 6.86. The number of para-hydroxylation sites is 1. The molecule has 0 bridgehead atoms. The summed E-state index contributed by atoms with van der Waals surface area (Å²) in [5.41, 5.74) is 1.38. The van der Waals surface area contributed by atoms with Crippen molar-refractivity contribution >= 4 is 35.1 Å². The maximum absolute atomic E-state index is 12.7. The van der Waals surface area contributed by atoms with Crippen LogP contribution in [0.2, 0.25) is 0 Å². The van der Waals surface area contributed by atoms with E-state index in [9.17, 15) is 29.3 Å². The number of ether oxygens (including phenoxy) is 1. The van der Waals surface area contributed by atoms with Gasteiger partial charge in [0.2, 0.25) is 0 Å². The summed E-state index contributed by atoms with van der Waals surface area (Å²) in [5, 5.41) is 14.0. The van der Waals surface area contributed by atoms with E-state index in [2.05, 4.69) is 5.32 Å². The number of anilines is 1. The summed E-state index contributed by atoms with van der Waals surface area (Å²) < 4.78 is 5.19. The maximum atomic E-state index is 12.7. The van der Waals surface area contributed by atoms with Gasteiger partial charge in [-0.1, -0.05) is 54.6 Å². The molecule has 0 aliphatic carbocycles. The van der Waals surface area contributed by atoms with E-state index in [1.807, 2.05) is 42.5 Å². The van der Waals surface area contributed by atoms with Crippen LogP contribution in [-0.4, -0.2) is 46.2 Å².